The first-order valence-corrected chi connectivity index (χ1v) is 6.10. The van der Waals surface area contributed by atoms with E-state index in [0.29, 0.717) is 13.1 Å². The monoisotopic (exact) mass is 245 g/mol. The fraction of sp³-hybridized carbons (Fsp3) is 0.357. The SMILES string of the molecule is Cc1cc(CNCC(O)c2ccccc2)n(C)n1. The largest absolute Gasteiger partial charge is 0.387 e. The minimum Gasteiger partial charge on any atom is -0.387 e. The summed E-state index contributed by atoms with van der Waals surface area (Å²) < 4.78 is 1.86. The summed E-state index contributed by atoms with van der Waals surface area (Å²) in [5.74, 6) is 0. The van der Waals surface area contributed by atoms with E-state index >= 15 is 0 Å². The van der Waals surface area contributed by atoms with E-state index in [4.69, 9.17) is 0 Å². The molecule has 1 unspecified atom stereocenters. The Bertz CT molecular complexity index is 493. The molecule has 2 aromatic rings. The van der Waals surface area contributed by atoms with E-state index in [1.165, 1.54) is 0 Å². The Hall–Kier alpha value is -1.65. The second kappa shape index (κ2) is 5.80. The van der Waals surface area contributed by atoms with Crippen molar-refractivity contribution in [3.8, 4) is 0 Å². The third kappa shape index (κ3) is 3.18. The smallest absolute Gasteiger partial charge is 0.0914 e. The van der Waals surface area contributed by atoms with Gasteiger partial charge in [-0.25, -0.2) is 0 Å². The van der Waals surface area contributed by atoms with Crippen LogP contribution in [-0.2, 0) is 13.6 Å². The molecule has 0 saturated carbocycles. The summed E-state index contributed by atoms with van der Waals surface area (Å²) >= 11 is 0. The lowest BCUT2D eigenvalue weighted by molar-refractivity contribution is 0.174. The maximum Gasteiger partial charge on any atom is 0.0914 e. The summed E-state index contributed by atoms with van der Waals surface area (Å²) in [6.07, 6.45) is -0.472. The van der Waals surface area contributed by atoms with Crippen LogP contribution in [0.25, 0.3) is 0 Å². The third-order valence-corrected chi connectivity index (χ3v) is 2.93. The number of aryl methyl sites for hydroxylation is 2. The highest BCUT2D eigenvalue weighted by Gasteiger charge is 2.07. The van der Waals surface area contributed by atoms with E-state index in [9.17, 15) is 5.11 Å². The Morgan fingerprint density at radius 1 is 1.33 bits per heavy atom. The molecule has 0 aliphatic heterocycles. The van der Waals surface area contributed by atoms with Crippen LogP contribution in [0.1, 0.15) is 23.1 Å². The molecular formula is C14H19N3O. The number of rotatable bonds is 5. The van der Waals surface area contributed by atoms with Crippen molar-refractivity contribution in [1.29, 1.82) is 0 Å². The first-order valence-electron chi connectivity index (χ1n) is 6.10. The lowest BCUT2D eigenvalue weighted by Gasteiger charge is -2.12. The van der Waals surface area contributed by atoms with Crippen molar-refractivity contribution in [2.45, 2.75) is 19.6 Å². The average Bonchev–Trinajstić information content (AvgIpc) is 2.69. The van der Waals surface area contributed by atoms with E-state index < -0.39 is 6.10 Å². The minimum absolute atomic E-state index is 0.472. The maximum absolute atomic E-state index is 9.99. The zero-order chi connectivity index (χ0) is 13.0. The Morgan fingerprint density at radius 2 is 2.06 bits per heavy atom. The number of aliphatic hydroxyl groups excluding tert-OH is 1. The Morgan fingerprint density at radius 3 is 2.67 bits per heavy atom. The molecule has 2 rings (SSSR count). The molecule has 18 heavy (non-hydrogen) atoms. The predicted molar refractivity (Wildman–Crippen MR) is 71.1 cm³/mol. The van der Waals surface area contributed by atoms with Gasteiger partial charge in [-0.05, 0) is 18.6 Å². The summed E-state index contributed by atoms with van der Waals surface area (Å²) in [6.45, 7) is 3.22. The van der Waals surface area contributed by atoms with Gasteiger partial charge in [0.05, 0.1) is 17.5 Å². The van der Waals surface area contributed by atoms with E-state index in [1.807, 2.05) is 55.1 Å². The van der Waals surface area contributed by atoms with Crippen LogP contribution in [-0.4, -0.2) is 21.4 Å². The van der Waals surface area contributed by atoms with Gasteiger partial charge in [-0.15, -0.1) is 0 Å². The molecule has 1 aromatic carbocycles. The van der Waals surface area contributed by atoms with E-state index in [0.717, 1.165) is 17.0 Å². The topological polar surface area (TPSA) is 50.1 Å². The number of hydrogen-bond donors (Lipinski definition) is 2. The maximum atomic E-state index is 9.99. The summed E-state index contributed by atoms with van der Waals surface area (Å²) in [7, 11) is 1.93. The van der Waals surface area contributed by atoms with Crippen LogP contribution in [0.4, 0.5) is 0 Å². The molecule has 0 saturated heterocycles. The summed E-state index contributed by atoms with van der Waals surface area (Å²) in [5.41, 5.74) is 3.07. The summed E-state index contributed by atoms with van der Waals surface area (Å²) in [4.78, 5) is 0. The van der Waals surface area contributed by atoms with Crippen LogP contribution >= 0.6 is 0 Å². The van der Waals surface area contributed by atoms with Crippen LogP contribution in [0.3, 0.4) is 0 Å². The zero-order valence-corrected chi connectivity index (χ0v) is 10.8. The fourth-order valence-electron chi connectivity index (χ4n) is 1.96. The van der Waals surface area contributed by atoms with Crippen molar-refractivity contribution >= 4 is 0 Å². The van der Waals surface area contributed by atoms with Gasteiger partial charge in [0, 0.05) is 20.1 Å². The first kappa shape index (κ1) is 12.8. The summed E-state index contributed by atoms with van der Waals surface area (Å²) in [5, 5.41) is 17.5. The molecule has 96 valence electrons. The van der Waals surface area contributed by atoms with E-state index in [-0.39, 0.29) is 0 Å². The fourth-order valence-corrected chi connectivity index (χ4v) is 1.96. The second-order valence-corrected chi connectivity index (χ2v) is 4.46. The highest BCUT2D eigenvalue weighted by Crippen LogP contribution is 2.10. The van der Waals surface area contributed by atoms with Crippen LogP contribution in [0.2, 0.25) is 0 Å². The van der Waals surface area contributed by atoms with Crippen LogP contribution < -0.4 is 5.32 Å². The summed E-state index contributed by atoms with van der Waals surface area (Å²) in [6, 6.07) is 11.7. The molecule has 1 atom stereocenters. The minimum atomic E-state index is -0.472. The standard InChI is InChI=1S/C14H19N3O/c1-11-8-13(17(2)16-11)9-15-10-14(18)12-6-4-3-5-7-12/h3-8,14-15,18H,9-10H2,1-2H3. The van der Waals surface area contributed by atoms with Gasteiger partial charge in [-0.2, -0.15) is 5.10 Å². The lowest BCUT2D eigenvalue weighted by Crippen LogP contribution is -2.22. The van der Waals surface area contributed by atoms with Crippen LogP contribution in [0.15, 0.2) is 36.4 Å². The molecule has 2 N–H and O–H groups in total. The molecule has 4 heteroatoms. The molecule has 0 amide bonds. The highest BCUT2D eigenvalue weighted by molar-refractivity contribution is 5.17. The van der Waals surface area contributed by atoms with Gasteiger partial charge in [0.25, 0.3) is 0 Å². The van der Waals surface area contributed by atoms with Crippen molar-refractivity contribution in [3.63, 3.8) is 0 Å². The van der Waals surface area contributed by atoms with E-state index in [1.54, 1.807) is 0 Å². The van der Waals surface area contributed by atoms with Gasteiger partial charge in [-0.1, -0.05) is 30.3 Å². The highest BCUT2D eigenvalue weighted by atomic mass is 16.3. The van der Waals surface area contributed by atoms with Crippen molar-refractivity contribution in [3.05, 3.63) is 53.3 Å². The number of benzene rings is 1. The third-order valence-electron chi connectivity index (χ3n) is 2.93. The van der Waals surface area contributed by atoms with Gasteiger partial charge >= 0.3 is 0 Å². The molecule has 0 aliphatic rings. The molecule has 0 aliphatic carbocycles. The second-order valence-electron chi connectivity index (χ2n) is 4.46. The van der Waals surface area contributed by atoms with Crippen molar-refractivity contribution < 1.29 is 5.11 Å². The Kier molecular flexibility index (Phi) is 4.12. The van der Waals surface area contributed by atoms with Crippen molar-refractivity contribution in [1.82, 2.24) is 15.1 Å². The average molecular weight is 245 g/mol. The number of aromatic nitrogens is 2. The van der Waals surface area contributed by atoms with Crippen LogP contribution in [0.5, 0.6) is 0 Å². The van der Waals surface area contributed by atoms with Crippen LogP contribution in [0, 0.1) is 6.92 Å². The van der Waals surface area contributed by atoms with Gasteiger partial charge in [0.2, 0.25) is 0 Å². The molecule has 4 nitrogen and oxygen atoms in total. The first-order chi connectivity index (χ1) is 8.66. The Labute approximate surface area is 107 Å². The number of aliphatic hydroxyl groups is 1. The normalized spacial score (nSPS) is 12.6. The van der Waals surface area contributed by atoms with Gasteiger partial charge < -0.3 is 10.4 Å². The van der Waals surface area contributed by atoms with E-state index in [2.05, 4.69) is 10.4 Å². The predicted octanol–water partition coefficient (Wildman–Crippen LogP) is 1.55. The number of nitrogens with zero attached hydrogens (tertiary/aromatic N) is 2. The molecule has 0 bridgehead atoms. The lowest BCUT2D eigenvalue weighted by atomic mass is 10.1. The molecule has 0 radical (unpaired) electrons. The molecule has 0 fully saturated rings. The van der Waals surface area contributed by atoms with Crippen molar-refractivity contribution in [2.75, 3.05) is 6.54 Å². The quantitative estimate of drug-likeness (QED) is 0.840. The molecule has 1 aromatic heterocycles. The number of hydrogen-bond acceptors (Lipinski definition) is 3. The molecular weight excluding hydrogens is 226 g/mol. The molecule has 0 spiro atoms. The Balaban J connectivity index is 1.84. The van der Waals surface area contributed by atoms with Gasteiger partial charge in [-0.3, -0.25) is 4.68 Å². The number of nitrogens with one attached hydrogen (secondary N) is 1. The van der Waals surface area contributed by atoms with Gasteiger partial charge in [0.15, 0.2) is 0 Å². The zero-order valence-electron chi connectivity index (χ0n) is 10.8. The van der Waals surface area contributed by atoms with Gasteiger partial charge in [0.1, 0.15) is 0 Å². The van der Waals surface area contributed by atoms with Crippen molar-refractivity contribution in [2.24, 2.45) is 7.05 Å². The molecule has 1 heterocycles.